The van der Waals surface area contributed by atoms with E-state index in [0.29, 0.717) is 0 Å². The van der Waals surface area contributed by atoms with E-state index in [-0.39, 0.29) is 0 Å². The molecule has 1 saturated heterocycles. The molecule has 0 bridgehead atoms. The highest BCUT2D eigenvalue weighted by atomic mass is 15.2. The number of aromatic nitrogens is 2. The molecule has 1 aromatic heterocycles. The topological polar surface area (TPSA) is 41.0 Å². The van der Waals surface area contributed by atoms with Gasteiger partial charge in [0.15, 0.2) is 0 Å². The average Bonchev–Trinajstić information content (AvgIpc) is 2.53. The molecule has 0 saturated carbocycles. The Morgan fingerprint density at radius 3 is 2.95 bits per heavy atom. The average molecular weight is 274 g/mol. The Morgan fingerprint density at radius 1 is 1.25 bits per heavy atom. The summed E-state index contributed by atoms with van der Waals surface area (Å²) in [6, 6.07) is 0. The minimum absolute atomic E-state index is 0.762. The Bertz CT molecular complexity index is 440. The molecule has 4 heteroatoms. The van der Waals surface area contributed by atoms with E-state index in [1.165, 1.54) is 49.3 Å². The van der Waals surface area contributed by atoms with Gasteiger partial charge in [0.25, 0.3) is 0 Å². The molecule has 4 nitrogen and oxygen atoms in total. The van der Waals surface area contributed by atoms with Crippen molar-refractivity contribution < 1.29 is 0 Å². The molecule has 1 atom stereocenters. The molecular formula is C16H26N4. The summed E-state index contributed by atoms with van der Waals surface area (Å²) in [6.07, 6.45) is 9.28. The lowest BCUT2D eigenvalue weighted by atomic mass is 9.95. The SMILES string of the molecule is CCN(CC1CCCNC1)c1ncnc2c1CCCC2. The van der Waals surface area contributed by atoms with Crippen LogP contribution >= 0.6 is 0 Å². The highest BCUT2D eigenvalue weighted by Crippen LogP contribution is 2.28. The molecule has 2 heterocycles. The zero-order valence-electron chi connectivity index (χ0n) is 12.6. The fourth-order valence-electron chi connectivity index (χ4n) is 3.53. The number of hydrogen-bond donors (Lipinski definition) is 1. The molecule has 1 aliphatic carbocycles. The molecule has 1 aromatic rings. The van der Waals surface area contributed by atoms with Crippen molar-refractivity contribution in [2.75, 3.05) is 31.1 Å². The molecule has 2 aliphatic rings. The number of aryl methyl sites for hydroxylation is 1. The van der Waals surface area contributed by atoms with Crippen LogP contribution in [0.5, 0.6) is 0 Å². The largest absolute Gasteiger partial charge is 0.356 e. The summed E-state index contributed by atoms with van der Waals surface area (Å²) < 4.78 is 0. The van der Waals surface area contributed by atoms with E-state index in [4.69, 9.17) is 0 Å². The Balaban J connectivity index is 1.78. The maximum Gasteiger partial charge on any atom is 0.135 e. The summed E-state index contributed by atoms with van der Waals surface area (Å²) in [5.74, 6) is 1.97. The van der Waals surface area contributed by atoms with E-state index in [0.717, 1.165) is 38.4 Å². The van der Waals surface area contributed by atoms with Crippen LogP contribution in [0.1, 0.15) is 43.9 Å². The third-order valence-corrected chi connectivity index (χ3v) is 4.66. The van der Waals surface area contributed by atoms with Gasteiger partial charge >= 0.3 is 0 Å². The van der Waals surface area contributed by atoms with Crippen molar-refractivity contribution in [3.05, 3.63) is 17.6 Å². The predicted molar refractivity (Wildman–Crippen MR) is 82.2 cm³/mol. The van der Waals surface area contributed by atoms with Crippen LogP contribution in [0.4, 0.5) is 5.82 Å². The number of fused-ring (bicyclic) bond motifs is 1. The minimum atomic E-state index is 0.762. The summed E-state index contributed by atoms with van der Waals surface area (Å²) in [7, 11) is 0. The first kappa shape index (κ1) is 13.8. The van der Waals surface area contributed by atoms with Crippen molar-refractivity contribution in [3.63, 3.8) is 0 Å². The van der Waals surface area contributed by atoms with Crippen molar-refractivity contribution in [2.45, 2.75) is 45.4 Å². The van der Waals surface area contributed by atoms with Crippen LogP contribution in [0.2, 0.25) is 0 Å². The fourth-order valence-corrected chi connectivity index (χ4v) is 3.53. The van der Waals surface area contributed by atoms with Gasteiger partial charge in [-0.2, -0.15) is 0 Å². The second-order valence-corrected chi connectivity index (χ2v) is 6.08. The second kappa shape index (κ2) is 6.53. The number of piperidine rings is 1. The molecular weight excluding hydrogens is 248 g/mol. The van der Waals surface area contributed by atoms with Crippen LogP contribution in [0.25, 0.3) is 0 Å². The van der Waals surface area contributed by atoms with Crippen molar-refractivity contribution in [3.8, 4) is 0 Å². The first-order chi connectivity index (χ1) is 9.88. The van der Waals surface area contributed by atoms with Crippen molar-refractivity contribution in [2.24, 2.45) is 5.92 Å². The van der Waals surface area contributed by atoms with Crippen LogP contribution in [0.3, 0.4) is 0 Å². The second-order valence-electron chi connectivity index (χ2n) is 6.08. The van der Waals surface area contributed by atoms with E-state index in [9.17, 15) is 0 Å². The normalized spacial score (nSPS) is 22.4. The maximum atomic E-state index is 4.62. The van der Waals surface area contributed by atoms with E-state index in [1.54, 1.807) is 6.33 Å². The molecule has 1 fully saturated rings. The Morgan fingerprint density at radius 2 is 2.15 bits per heavy atom. The van der Waals surface area contributed by atoms with Gasteiger partial charge in [-0.05, 0) is 64.5 Å². The molecule has 1 aliphatic heterocycles. The molecule has 0 aromatic carbocycles. The van der Waals surface area contributed by atoms with Crippen molar-refractivity contribution in [1.29, 1.82) is 0 Å². The highest BCUT2D eigenvalue weighted by molar-refractivity contribution is 5.49. The molecule has 3 rings (SSSR count). The Hall–Kier alpha value is -1.16. The van der Waals surface area contributed by atoms with Gasteiger partial charge in [0.2, 0.25) is 0 Å². The summed E-state index contributed by atoms with van der Waals surface area (Å²) >= 11 is 0. The predicted octanol–water partition coefficient (Wildman–Crippen LogP) is 2.18. The number of nitrogens with one attached hydrogen (secondary N) is 1. The quantitative estimate of drug-likeness (QED) is 0.913. The van der Waals surface area contributed by atoms with Crippen LogP contribution < -0.4 is 10.2 Å². The van der Waals surface area contributed by atoms with E-state index in [2.05, 4.69) is 27.1 Å². The Labute approximate surface area is 122 Å². The molecule has 0 radical (unpaired) electrons. The first-order valence-electron chi connectivity index (χ1n) is 8.17. The van der Waals surface area contributed by atoms with E-state index in [1.807, 2.05) is 0 Å². The van der Waals surface area contributed by atoms with Crippen LogP contribution in [0.15, 0.2) is 6.33 Å². The summed E-state index contributed by atoms with van der Waals surface area (Å²) in [4.78, 5) is 11.6. The maximum absolute atomic E-state index is 4.62. The number of rotatable bonds is 4. The van der Waals surface area contributed by atoms with Gasteiger partial charge in [-0.25, -0.2) is 9.97 Å². The highest BCUT2D eigenvalue weighted by Gasteiger charge is 2.22. The van der Waals surface area contributed by atoms with E-state index >= 15 is 0 Å². The molecule has 0 spiro atoms. The van der Waals surface area contributed by atoms with Gasteiger partial charge in [-0.15, -0.1) is 0 Å². The van der Waals surface area contributed by atoms with Crippen molar-refractivity contribution in [1.82, 2.24) is 15.3 Å². The fraction of sp³-hybridized carbons (Fsp3) is 0.750. The smallest absolute Gasteiger partial charge is 0.135 e. The van der Waals surface area contributed by atoms with Gasteiger partial charge in [0.1, 0.15) is 12.1 Å². The first-order valence-corrected chi connectivity index (χ1v) is 8.17. The number of hydrogen-bond acceptors (Lipinski definition) is 4. The van der Waals surface area contributed by atoms with E-state index < -0.39 is 0 Å². The zero-order valence-corrected chi connectivity index (χ0v) is 12.6. The third-order valence-electron chi connectivity index (χ3n) is 4.66. The summed E-state index contributed by atoms with van der Waals surface area (Å²) in [5, 5.41) is 3.52. The minimum Gasteiger partial charge on any atom is -0.356 e. The van der Waals surface area contributed by atoms with Crippen LogP contribution in [0, 0.1) is 5.92 Å². The zero-order chi connectivity index (χ0) is 13.8. The number of nitrogens with zero attached hydrogens (tertiary/aromatic N) is 3. The lowest BCUT2D eigenvalue weighted by molar-refractivity contribution is 0.377. The van der Waals surface area contributed by atoms with Gasteiger partial charge in [-0.3, -0.25) is 0 Å². The lowest BCUT2D eigenvalue weighted by Gasteiger charge is -2.32. The van der Waals surface area contributed by atoms with Gasteiger partial charge < -0.3 is 10.2 Å². The third kappa shape index (κ3) is 2.95. The number of anilines is 1. The molecule has 110 valence electrons. The molecule has 0 amide bonds. The van der Waals surface area contributed by atoms with Crippen LogP contribution in [-0.2, 0) is 12.8 Å². The van der Waals surface area contributed by atoms with Gasteiger partial charge in [0.05, 0.1) is 0 Å². The lowest BCUT2D eigenvalue weighted by Crippen LogP contribution is -2.39. The summed E-state index contributed by atoms with van der Waals surface area (Å²) in [5.41, 5.74) is 2.71. The van der Waals surface area contributed by atoms with Gasteiger partial charge in [-0.1, -0.05) is 0 Å². The Kier molecular flexibility index (Phi) is 4.51. The summed E-state index contributed by atoms with van der Waals surface area (Å²) in [6.45, 7) is 6.76. The van der Waals surface area contributed by atoms with Crippen molar-refractivity contribution >= 4 is 5.82 Å². The molecule has 1 N–H and O–H groups in total. The molecule has 20 heavy (non-hydrogen) atoms. The molecule has 1 unspecified atom stereocenters. The standard InChI is InChI=1S/C16H26N4/c1-2-20(11-13-6-5-9-17-10-13)16-14-7-3-4-8-15(14)18-12-19-16/h12-13,17H,2-11H2,1H3. The van der Waals surface area contributed by atoms with Gasteiger partial charge in [0, 0.05) is 24.3 Å². The monoisotopic (exact) mass is 274 g/mol. The van der Waals surface area contributed by atoms with Crippen LogP contribution in [-0.4, -0.2) is 36.1 Å².